The number of benzene rings is 2. The lowest BCUT2D eigenvalue weighted by atomic mass is 9.99. The number of nitrogens with zero attached hydrogens (tertiary/aromatic N) is 1. The topological polar surface area (TPSA) is 84.0 Å². The molecule has 0 aliphatic carbocycles. The molecule has 0 spiro atoms. The molecule has 1 amide bonds. The van der Waals surface area contributed by atoms with Gasteiger partial charge in [0.2, 0.25) is 0 Å². The van der Waals surface area contributed by atoms with E-state index in [1.807, 2.05) is 37.4 Å². The summed E-state index contributed by atoms with van der Waals surface area (Å²) in [7, 11) is -3.81. The minimum absolute atomic E-state index is 0.172. The largest absolute Gasteiger partial charge is 0.361 e. The van der Waals surface area contributed by atoms with Crippen LogP contribution in [0.4, 0.5) is 5.69 Å². The number of hydrogen-bond donors (Lipinski definition) is 2. The molecule has 0 radical (unpaired) electrons. The summed E-state index contributed by atoms with van der Waals surface area (Å²) in [4.78, 5) is 15.9. The van der Waals surface area contributed by atoms with Crippen molar-refractivity contribution in [1.29, 1.82) is 0 Å². The summed E-state index contributed by atoms with van der Waals surface area (Å²) in [6.45, 7) is 6.21. The van der Waals surface area contributed by atoms with Crippen molar-refractivity contribution in [2.75, 3.05) is 5.32 Å². The molecule has 2 aromatic heterocycles. The lowest BCUT2D eigenvalue weighted by molar-refractivity contribution is 0.102. The van der Waals surface area contributed by atoms with Crippen LogP contribution >= 0.6 is 0 Å². The fourth-order valence-corrected chi connectivity index (χ4v) is 4.74. The Morgan fingerprint density at radius 3 is 2.58 bits per heavy atom. The highest BCUT2D eigenvalue weighted by atomic mass is 32.2. The van der Waals surface area contributed by atoms with Crippen molar-refractivity contribution >= 4 is 32.5 Å². The van der Waals surface area contributed by atoms with Crippen LogP contribution in [-0.4, -0.2) is 23.3 Å². The average Bonchev–Trinajstić information content (AvgIpc) is 3.41. The molecular formula is C24H25N3O3S. The van der Waals surface area contributed by atoms with Crippen LogP contribution < -0.4 is 5.32 Å². The Morgan fingerprint density at radius 2 is 1.87 bits per heavy atom. The smallest absolute Gasteiger partial charge is 0.267 e. The summed E-state index contributed by atoms with van der Waals surface area (Å²) < 4.78 is 27.2. The molecule has 31 heavy (non-hydrogen) atoms. The van der Waals surface area contributed by atoms with Gasteiger partial charge in [-0.2, -0.15) is 0 Å². The molecule has 0 saturated carbocycles. The van der Waals surface area contributed by atoms with Crippen molar-refractivity contribution in [3.63, 3.8) is 0 Å². The molecule has 2 N–H and O–H groups in total. The van der Waals surface area contributed by atoms with Gasteiger partial charge in [0.1, 0.15) is 0 Å². The molecule has 0 fully saturated rings. The Kier molecular flexibility index (Phi) is 5.45. The van der Waals surface area contributed by atoms with Crippen LogP contribution in [0, 0.1) is 6.92 Å². The molecule has 160 valence electrons. The van der Waals surface area contributed by atoms with E-state index in [0.717, 1.165) is 26.9 Å². The third-order valence-electron chi connectivity index (χ3n) is 5.71. The lowest BCUT2D eigenvalue weighted by Crippen LogP contribution is -2.13. The summed E-state index contributed by atoms with van der Waals surface area (Å²) in [5.74, 6) is 0.0976. The number of aromatic nitrogens is 2. The zero-order valence-electron chi connectivity index (χ0n) is 17.7. The number of aryl methyl sites for hydroxylation is 1. The van der Waals surface area contributed by atoms with Gasteiger partial charge in [0.05, 0.1) is 10.5 Å². The number of H-pyrrole nitrogens is 1. The van der Waals surface area contributed by atoms with E-state index in [1.54, 1.807) is 18.2 Å². The highest BCUT2D eigenvalue weighted by Crippen LogP contribution is 2.24. The Bertz CT molecular complexity index is 1350. The molecule has 4 rings (SSSR count). The molecule has 0 saturated heterocycles. The number of aromatic amines is 1. The summed E-state index contributed by atoms with van der Waals surface area (Å²) in [5, 5.41) is 3.68. The number of anilines is 1. The number of rotatable bonds is 6. The first kappa shape index (κ1) is 20.9. The fraction of sp³-hybridized carbons (Fsp3) is 0.208. The molecule has 1 atom stereocenters. The maximum Gasteiger partial charge on any atom is 0.267 e. The molecule has 0 aliphatic rings. The number of fused-ring (bicyclic) bond motifs is 1. The van der Waals surface area contributed by atoms with E-state index in [9.17, 15) is 13.2 Å². The zero-order valence-corrected chi connectivity index (χ0v) is 18.5. The quantitative estimate of drug-likeness (QED) is 0.432. The molecule has 2 heterocycles. The van der Waals surface area contributed by atoms with Gasteiger partial charge in [-0.15, -0.1) is 0 Å². The maximum atomic E-state index is 13.1. The number of hydrogen-bond acceptors (Lipinski definition) is 3. The number of carbonyl (C=O) groups excluding carboxylic acids is 1. The Labute approximate surface area is 182 Å². The Balaban J connectivity index is 1.55. The van der Waals surface area contributed by atoms with Gasteiger partial charge < -0.3 is 10.3 Å². The molecule has 2 aromatic carbocycles. The lowest BCUT2D eigenvalue weighted by Gasteiger charge is -2.10. The molecule has 1 unspecified atom stereocenters. The van der Waals surface area contributed by atoms with Crippen LogP contribution in [0.1, 0.15) is 47.7 Å². The molecule has 4 aromatic rings. The first-order valence-corrected chi connectivity index (χ1v) is 11.7. The van der Waals surface area contributed by atoms with E-state index in [0.29, 0.717) is 11.6 Å². The molecule has 0 bridgehead atoms. The summed E-state index contributed by atoms with van der Waals surface area (Å²) in [5.41, 5.74) is 4.00. The predicted octanol–water partition coefficient (Wildman–Crippen LogP) is 5.28. The standard InChI is InChI=1S/C24H25N3O3S/c1-4-16(2)18-5-7-20(8-6-18)26-24(28)19-11-12-27(15-19)31(29,30)21-9-10-23-22(13-21)17(3)14-25-23/h5-16,25H,4H2,1-3H3,(H,26,28). The van der Waals surface area contributed by atoms with Gasteiger partial charge in [-0.05, 0) is 66.8 Å². The first-order valence-electron chi connectivity index (χ1n) is 10.2. The van der Waals surface area contributed by atoms with Crippen LogP contribution in [0.2, 0.25) is 0 Å². The maximum absolute atomic E-state index is 13.1. The van der Waals surface area contributed by atoms with Gasteiger partial charge in [-0.1, -0.05) is 26.0 Å². The van der Waals surface area contributed by atoms with Crippen LogP contribution in [0.25, 0.3) is 10.9 Å². The minimum atomic E-state index is -3.81. The second kappa shape index (κ2) is 8.07. The predicted molar refractivity (Wildman–Crippen MR) is 123 cm³/mol. The SMILES string of the molecule is CCC(C)c1ccc(NC(=O)c2ccn(S(=O)(=O)c3ccc4[nH]cc(C)c4c3)c2)cc1. The minimum Gasteiger partial charge on any atom is -0.361 e. The Hall–Kier alpha value is -3.32. The van der Waals surface area contributed by atoms with Crippen molar-refractivity contribution < 1.29 is 13.2 Å². The van der Waals surface area contributed by atoms with E-state index in [-0.39, 0.29) is 16.4 Å². The van der Waals surface area contributed by atoms with Crippen molar-refractivity contribution in [2.24, 2.45) is 0 Å². The second-order valence-corrected chi connectivity index (χ2v) is 9.64. The van der Waals surface area contributed by atoms with E-state index in [2.05, 4.69) is 24.1 Å². The molecular weight excluding hydrogens is 410 g/mol. The van der Waals surface area contributed by atoms with Crippen molar-refractivity contribution in [3.8, 4) is 0 Å². The summed E-state index contributed by atoms with van der Waals surface area (Å²) >= 11 is 0. The monoisotopic (exact) mass is 435 g/mol. The summed E-state index contributed by atoms with van der Waals surface area (Å²) in [6, 6.07) is 14.2. The molecule has 7 heteroatoms. The third-order valence-corrected chi connectivity index (χ3v) is 7.35. The number of carbonyl (C=O) groups is 1. The van der Waals surface area contributed by atoms with Gasteiger partial charge in [0, 0.05) is 35.2 Å². The highest BCUT2D eigenvalue weighted by Gasteiger charge is 2.19. The van der Waals surface area contributed by atoms with Gasteiger partial charge in [0.15, 0.2) is 0 Å². The zero-order chi connectivity index (χ0) is 22.2. The van der Waals surface area contributed by atoms with Crippen LogP contribution in [0.3, 0.4) is 0 Å². The van der Waals surface area contributed by atoms with Crippen LogP contribution in [0.15, 0.2) is 72.0 Å². The highest BCUT2D eigenvalue weighted by molar-refractivity contribution is 7.90. The third kappa shape index (κ3) is 4.01. The van der Waals surface area contributed by atoms with E-state index < -0.39 is 10.0 Å². The Morgan fingerprint density at radius 1 is 1.13 bits per heavy atom. The van der Waals surface area contributed by atoms with Crippen molar-refractivity contribution in [2.45, 2.75) is 38.0 Å². The van der Waals surface area contributed by atoms with Crippen molar-refractivity contribution in [3.05, 3.63) is 83.8 Å². The molecule has 0 aliphatic heterocycles. The van der Waals surface area contributed by atoms with Gasteiger partial charge >= 0.3 is 0 Å². The van der Waals surface area contributed by atoms with E-state index in [1.165, 1.54) is 24.0 Å². The first-order chi connectivity index (χ1) is 14.8. The number of nitrogens with one attached hydrogen (secondary N) is 2. The normalized spacial score (nSPS) is 12.7. The van der Waals surface area contributed by atoms with Crippen molar-refractivity contribution in [1.82, 2.24) is 8.96 Å². The van der Waals surface area contributed by atoms with Crippen LogP contribution in [0.5, 0.6) is 0 Å². The number of amides is 1. The average molecular weight is 436 g/mol. The van der Waals surface area contributed by atoms with Gasteiger partial charge in [-0.25, -0.2) is 12.4 Å². The van der Waals surface area contributed by atoms with E-state index in [4.69, 9.17) is 0 Å². The second-order valence-electron chi connectivity index (χ2n) is 7.80. The molecule has 6 nitrogen and oxygen atoms in total. The van der Waals surface area contributed by atoms with E-state index >= 15 is 0 Å². The van der Waals surface area contributed by atoms with Gasteiger partial charge in [0.25, 0.3) is 15.9 Å². The summed E-state index contributed by atoms with van der Waals surface area (Å²) in [6.07, 6.45) is 5.62. The van der Waals surface area contributed by atoms with Gasteiger partial charge in [-0.3, -0.25) is 4.79 Å². The van der Waals surface area contributed by atoms with Crippen LogP contribution in [-0.2, 0) is 10.0 Å². The fourth-order valence-electron chi connectivity index (χ4n) is 3.52.